The molecule has 0 atom stereocenters. The summed E-state index contributed by atoms with van der Waals surface area (Å²) in [6.07, 6.45) is 11.4. The van der Waals surface area contributed by atoms with Crippen molar-refractivity contribution in [2.75, 3.05) is 13.1 Å². The maximum Gasteiger partial charge on any atom is 0.248 e. The van der Waals surface area contributed by atoms with Crippen LogP contribution in [0, 0.1) is 19.8 Å². The molecule has 2 heterocycles. The number of amides is 1. The molecule has 0 bridgehead atoms. The van der Waals surface area contributed by atoms with Crippen LogP contribution in [0.4, 0.5) is 0 Å². The Morgan fingerprint density at radius 3 is 2.29 bits per heavy atom. The SMILES string of the molecule is Cc1ccc(C=Cc2onc(C)c2S(=O)(=O)N2CCC(C(=O)NC3CCCCCC3)CC2)cc1. The molecule has 0 unspecified atom stereocenters. The number of hydrogen-bond acceptors (Lipinski definition) is 5. The summed E-state index contributed by atoms with van der Waals surface area (Å²) in [6.45, 7) is 4.29. The highest BCUT2D eigenvalue weighted by atomic mass is 32.2. The lowest BCUT2D eigenvalue weighted by Crippen LogP contribution is -2.45. The van der Waals surface area contributed by atoms with E-state index >= 15 is 0 Å². The third-order valence-electron chi connectivity index (χ3n) is 6.96. The van der Waals surface area contributed by atoms with E-state index in [0.717, 1.165) is 24.0 Å². The third-order valence-corrected chi connectivity index (χ3v) is 9.02. The molecule has 1 aliphatic carbocycles. The van der Waals surface area contributed by atoms with Crippen molar-refractivity contribution in [2.24, 2.45) is 5.92 Å². The number of aromatic nitrogens is 1. The van der Waals surface area contributed by atoms with Crippen molar-refractivity contribution in [3.63, 3.8) is 0 Å². The number of nitrogens with zero attached hydrogens (tertiary/aromatic N) is 2. The number of benzene rings is 1. The zero-order valence-electron chi connectivity index (χ0n) is 20.1. The first-order valence-corrected chi connectivity index (χ1v) is 13.8. The number of aryl methyl sites for hydroxylation is 2. The van der Waals surface area contributed by atoms with Crippen LogP contribution >= 0.6 is 0 Å². The van der Waals surface area contributed by atoms with E-state index in [2.05, 4.69) is 10.5 Å². The van der Waals surface area contributed by atoms with Gasteiger partial charge >= 0.3 is 0 Å². The highest BCUT2D eigenvalue weighted by Gasteiger charge is 2.36. The molecular formula is C26H35N3O4S. The van der Waals surface area contributed by atoms with Crippen molar-refractivity contribution in [1.82, 2.24) is 14.8 Å². The Labute approximate surface area is 202 Å². The van der Waals surface area contributed by atoms with Crippen LogP contribution in [0.5, 0.6) is 0 Å². The fraction of sp³-hybridized carbons (Fsp3) is 0.538. The molecule has 1 saturated heterocycles. The van der Waals surface area contributed by atoms with Crippen LogP contribution in [0.25, 0.3) is 12.2 Å². The van der Waals surface area contributed by atoms with Crippen molar-refractivity contribution < 1.29 is 17.7 Å². The Morgan fingerprint density at radius 2 is 1.65 bits per heavy atom. The monoisotopic (exact) mass is 485 g/mol. The van der Waals surface area contributed by atoms with Gasteiger partial charge in [-0.25, -0.2) is 8.42 Å². The Morgan fingerprint density at radius 1 is 1.00 bits per heavy atom. The van der Waals surface area contributed by atoms with Crippen LogP contribution < -0.4 is 5.32 Å². The first-order chi connectivity index (χ1) is 16.3. The van der Waals surface area contributed by atoms with Crippen LogP contribution in [0.15, 0.2) is 33.7 Å². The van der Waals surface area contributed by atoms with E-state index in [1.54, 1.807) is 13.0 Å². The lowest BCUT2D eigenvalue weighted by atomic mass is 9.96. The molecule has 1 aliphatic heterocycles. The molecule has 1 aromatic heterocycles. The van der Waals surface area contributed by atoms with Crippen LogP contribution in [-0.4, -0.2) is 42.9 Å². The van der Waals surface area contributed by atoms with E-state index in [4.69, 9.17) is 4.52 Å². The average molecular weight is 486 g/mol. The highest BCUT2D eigenvalue weighted by molar-refractivity contribution is 7.89. The second kappa shape index (κ2) is 10.9. The number of sulfonamides is 1. The molecule has 7 nitrogen and oxygen atoms in total. The molecular weight excluding hydrogens is 450 g/mol. The van der Waals surface area contributed by atoms with Gasteiger partial charge in [-0.3, -0.25) is 4.79 Å². The van der Waals surface area contributed by atoms with Gasteiger partial charge in [0.15, 0.2) is 10.7 Å². The molecule has 8 heteroatoms. The number of nitrogens with one attached hydrogen (secondary N) is 1. The van der Waals surface area contributed by atoms with E-state index < -0.39 is 10.0 Å². The van der Waals surface area contributed by atoms with Crippen LogP contribution in [0.2, 0.25) is 0 Å². The topological polar surface area (TPSA) is 92.5 Å². The molecule has 2 fully saturated rings. The summed E-state index contributed by atoms with van der Waals surface area (Å²) < 4.78 is 33.8. The van der Waals surface area contributed by atoms with E-state index in [-0.39, 0.29) is 28.5 Å². The summed E-state index contributed by atoms with van der Waals surface area (Å²) in [5.74, 6) is 0.164. The number of rotatable bonds is 6. The lowest BCUT2D eigenvalue weighted by Gasteiger charge is -2.31. The van der Waals surface area contributed by atoms with Gasteiger partial charge in [-0.2, -0.15) is 4.31 Å². The van der Waals surface area contributed by atoms with Gasteiger partial charge in [0.25, 0.3) is 0 Å². The fourth-order valence-corrected chi connectivity index (χ4v) is 6.60. The van der Waals surface area contributed by atoms with Gasteiger partial charge < -0.3 is 9.84 Å². The zero-order chi connectivity index (χ0) is 24.1. The molecule has 2 aromatic rings. The van der Waals surface area contributed by atoms with Gasteiger partial charge in [-0.15, -0.1) is 0 Å². The molecule has 1 N–H and O–H groups in total. The van der Waals surface area contributed by atoms with E-state index in [1.165, 1.54) is 30.0 Å². The minimum Gasteiger partial charge on any atom is -0.355 e. The lowest BCUT2D eigenvalue weighted by molar-refractivity contribution is -0.126. The molecule has 2 aliphatic rings. The van der Waals surface area contributed by atoms with E-state index in [1.807, 2.05) is 37.3 Å². The average Bonchev–Trinajstić information content (AvgIpc) is 3.02. The molecule has 1 saturated carbocycles. The summed E-state index contributed by atoms with van der Waals surface area (Å²) in [5, 5.41) is 7.15. The van der Waals surface area contributed by atoms with Crippen molar-refractivity contribution in [1.29, 1.82) is 0 Å². The predicted octanol–water partition coefficient (Wildman–Crippen LogP) is 4.70. The molecule has 184 valence electrons. The molecule has 0 spiro atoms. The van der Waals surface area contributed by atoms with Gasteiger partial charge in [-0.05, 0) is 51.2 Å². The predicted molar refractivity (Wildman–Crippen MR) is 132 cm³/mol. The van der Waals surface area contributed by atoms with Crippen molar-refractivity contribution >= 4 is 28.1 Å². The van der Waals surface area contributed by atoms with E-state index in [0.29, 0.717) is 31.6 Å². The summed E-state index contributed by atoms with van der Waals surface area (Å²) >= 11 is 0. The first-order valence-electron chi connectivity index (χ1n) is 12.4. The maximum absolute atomic E-state index is 13.5. The van der Waals surface area contributed by atoms with E-state index in [9.17, 15) is 13.2 Å². The van der Waals surface area contributed by atoms with Gasteiger partial charge in [0.2, 0.25) is 15.9 Å². The largest absolute Gasteiger partial charge is 0.355 e. The summed E-state index contributed by atoms with van der Waals surface area (Å²) in [6, 6.07) is 8.19. The molecule has 34 heavy (non-hydrogen) atoms. The number of carbonyl (C=O) groups excluding carboxylic acids is 1. The normalized spacial score (nSPS) is 19.4. The van der Waals surface area contributed by atoms with Crippen molar-refractivity contribution in [3.8, 4) is 0 Å². The minimum atomic E-state index is -3.78. The van der Waals surface area contributed by atoms with Crippen LogP contribution in [-0.2, 0) is 14.8 Å². The standard InChI is InChI=1S/C26H35N3O4S/c1-19-9-11-21(12-10-19)13-14-24-25(20(2)28-33-24)34(31,32)29-17-15-22(16-18-29)26(30)27-23-7-5-3-4-6-8-23/h9-14,22-23H,3-8,15-18H2,1-2H3,(H,27,30). The van der Waals surface area contributed by atoms with Gasteiger partial charge in [-0.1, -0.05) is 66.7 Å². The Bertz CT molecular complexity index is 1110. The highest BCUT2D eigenvalue weighted by Crippen LogP contribution is 2.29. The maximum atomic E-state index is 13.5. The summed E-state index contributed by atoms with van der Waals surface area (Å²) in [7, 11) is -3.78. The van der Waals surface area contributed by atoms with Crippen LogP contribution in [0.3, 0.4) is 0 Å². The molecule has 4 rings (SSSR count). The summed E-state index contributed by atoms with van der Waals surface area (Å²) in [4.78, 5) is 12.9. The molecule has 1 amide bonds. The third kappa shape index (κ3) is 5.78. The smallest absolute Gasteiger partial charge is 0.248 e. The fourth-order valence-electron chi connectivity index (χ4n) is 4.88. The Balaban J connectivity index is 1.41. The van der Waals surface area contributed by atoms with Gasteiger partial charge in [0, 0.05) is 25.0 Å². The number of hydrogen-bond donors (Lipinski definition) is 1. The molecule has 0 radical (unpaired) electrons. The van der Waals surface area contributed by atoms with Crippen molar-refractivity contribution in [3.05, 3.63) is 46.8 Å². The number of carbonyl (C=O) groups is 1. The Hall–Kier alpha value is -2.45. The van der Waals surface area contributed by atoms with Crippen molar-refractivity contribution in [2.45, 2.75) is 76.2 Å². The second-order valence-corrected chi connectivity index (χ2v) is 11.5. The second-order valence-electron chi connectivity index (χ2n) is 9.58. The number of piperidine rings is 1. The first kappa shape index (κ1) is 24.7. The molecule has 1 aromatic carbocycles. The van der Waals surface area contributed by atoms with Crippen LogP contribution in [0.1, 0.15) is 73.9 Å². The van der Waals surface area contributed by atoms with Gasteiger partial charge in [0.05, 0.1) is 0 Å². The van der Waals surface area contributed by atoms with Gasteiger partial charge in [0.1, 0.15) is 5.69 Å². The minimum absolute atomic E-state index is 0.0758. The Kier molecular flexibility index (Phi) is 7.88. The summed E-state index contributed by atoms with van der Waals surface area (Å²) in [5.41, 5.74) is 2.45. The quantitative estimate of drug-likeness (QED) is 0.599. The zero-order valence-corrected chi connectivity index (χ0v) is 20.9.